The van der Waals surface area contributed by atoms with Gasteiger partial charge in [-0.2, -0.15) is 0 Å². The van der Waals surface area contributed by atoms with Crippen LogP contribution in [-0.2, 0) is 13.0 Å². The quantitative estimate of drug-likeness (QED) is 0.578. The Hall–Kier alpha value is -2.19. The summed E-state index contributed by atoms with van der Waals surface area (Å²) in [7, 11) is 1.76. The van der Waals surface area contributed by atoms with Gasteiger partial charge in [0.15, 0.2) is 5.96 Å². The van der Waals surface area contributed by atoms with Gasteiger partial charge in [0.1, 0.15) is 11.6 Å². The van der Waals surface area contributed by atoms with Gasteiger partial charge in [-0.1, -0.05) is 0 Å². The first-order chi connectivity index (χ1) is 14.1. The molecule has 0 amide bonds. The Kier molecular flexibility index (Phi) is 6.30. The molecule has 0 spiro atoms. The van der Waals surface area contributed by atoms with E-state index in [0.29, 0.717) is 12.2 Å². The van der Waals surface area contributed by atoms with Gasteiger partial charge in [0.05, 0.1) is 5.69 Å². The van der Waals surface area contributed by atoms with Crippen molar-refractivity contribution in [1.82, 2.24) is 15.5 Å². The molecule has 2 N–H and O–H groups in total. The van der Waals surface area contributed by atoms with Gasteiger partial charge in [-0.15, -0.1) is 11.3 Å². The molecule has 5 nitrogen and oxygen atoms in total. The SMILES string of the molecule is CN=C(NCCN1CCc2sccc2C1)NC1CCN(c2ccc(F)cc2F)C1. The van der Waals surface area contributed by atoms with E-state index in [1.807, 2.05) is 16.2 Å². The highest BCUT2D eigenvalue weighted by Crippen LogP contribution is 2.25. The van der Waals surface area contributed by atoms with Gasteiger partial charge in [0.25, 0.3) is 0 Å². The molecule has 8 heteroatoms. The van der Waals surface area contributed by atoms with Crippen molar-refractivity contribution >= 4 is 23.0 Å². The molecular formula is C21H27F2N5S. The number of benzene rings is 1. The van der Waals surface area contributed by atoms with E-state index in [2.05, 4.69) is 32.0 Å². The molecular weight excluding hydrogens is 392 g/mol. The summed E-state index contributed by atoms with van der Waals surface area (Å²) < 4.78 is 27.2. The molecule has 0 saturated carbocycles. The van der Waals surface area contributed by atoms with E-state index in [4.69, 9.17) is 0 Å². The number of nitrogens with zero attached hydrogens (tertiary/aromatic N) is 3. The molecule has 29 heavy (non-hydrogen) atoms. The number of hydrogen-bond donors (Lipinski definition) is 2. The predicted octanol–water partition coefficient (Wildman–Crippen LogP) is 2.83. The largest absolute Gasteiger partial charge is 0.367 e. The third kappa shape index (κ3) is 4.87. The molecule has 1 saturated heterocycles. The second-order valence-corrected chi connectivity index (χ2v) is 8.57. The van der Waals surface area contributed by atoms with Gasteiger partial charge in [-0.25, -0.2) is 8.78 Å². The van der Waals surface area contributed by atoms with Crippen LogP contribution in [0, 0.1) is 11.6 Å². The molecule has 0 bridgehead atoms. The number of anilines is 1. The van der Waals surface area contributed by atoms with E-state index in [1.54, 1.807) is 7.05 Å². The molecule has 3 heterocycles. The van der Waals surface area contributed by atoms with Crippen LogP contribution in [0.4, 0.5) is 14.5 Å². The molecule has 1 atom stereocenters. The zero-order valence-corrected chi connectivity index (χ0v) is 17.4. The fourth-order valence-electron chi connectivity index (χ4n) is 4.05. The Balaban J connectivity index is 1.23. The third-order valence-corrected chi connectivity index (χ3v) is 6.63. The monoisotopic (exact) mass is 419 g/mol. The van der Waals surface area contributed by atoms with Crippen LogP contribution >= 0.6 is 11.3 Å². The molecule has 1 fully saturated rings. The summed E-state index contributed by atoms with van der Waals surface area (Å²) in [6.45, 7) is 5.30. The van der Waals surface area contributed by atoms with Crippen LogP contribution in [0.1, 0.15) is 16.9 Å². The van der Waals surface area contributed by atoms with Crippen LogP contribution < -0.4 is 15.5 Å². The smallest absolute Gasteiger partial charge is 0.191 e. The Morgan fingerprint density at radius 1 is 1.28 bits per heavy atom. The van der Waals surface area contributed by atoms with Crippen molar-refractivity contribution in [1.29, 1.82) is 0 Å². The number of halogens is 2. The molecule has 0 aliphatic carbocycles. The van der Waals surface area contributed by atoms with Crippen LogP contribution in [0.2, 0.25) is 0 Å². The average molecular weight is 420 g/mol. The summed E-state index contributed by atoms with van der Waals surface area (Å²) in [5, 5.41) is 9.00. The number of guanidine groups is 1. The fraction of sp³-hybridized carbons (Fsp3) is 0.476. The van der Waals surface area contributed by atoms with E-state index in [9.17, 15) is 8.78 Å². The second kappa shape index (κ2) is 9.09. The summed E-state index contributed by atoms with van der Waals surface area (Å²) in [6, 6.07) is 6.16. The van der Waals surface area contributed by atoms with E-state index in [0.717, 1.165) is 57.6 Å². The van der Waals surface area contributed by atoms with Gasteiger partial charge in [-0.05, 0) is 42.0 Å². The van der Waals surface area contributed by atoms with E-state index >= 15 is 0 Å². The second-order valence-electron chi connectivity index (χ2n) is 7.57. The van der Waals surface area contributed by atoms with Crippen LogP contribution in [0.25, 0.3) is 0 Å². The zero-order valence-electron chi connectivity index (χ0n) is 16.6. The molecule has 1 aromatic carbocycles. The highest BCUT2D eigenvalue weighted by Gasteiger charge is 2.25. The summed E-state index contributed by atoms with van der Waals surface area (Å²) in [5.41, 5.74) is 1.92. The minimum atomic E-state index is -0.548. The summed E-state index contributed by atoms with van der Waals surface area (Å²) in [6.07, 6.45) is 2.02. The van der Waals surface area contributed by atoms with E-state index in [-0.39, 0.29) is 6.04 Å². The molecule has 1 unspecified atom stereocenters. The normalized spacial score (nSPS) is 20.0. The first-order valence-electron chi connectivity index (χ1n) is 10.1. The van der Waals surface area contributed by atoms with E-state index in [1.165, 1.54) is 22.6 Å². The summed E-state index contributed by atoms with van der Waals surface area (Å²) >= 11 is 1.86. The van der Waals surface area contributed by atoms with Crippen molar-refractivity contribution in [2.75, 3.05) is 44.7 Å². The van der Waals surface area contributed by atoms with Crippen LogP contribution in [-0.4, -0.2) is 56.7 Å². The van der Waals surface area contributed by atoms with E-state index < -0.39 is 11.6 Å². The number of hydrogen-bond acceptors (Lipinski definition) is 4. The lowest BCUT2D eigenvalue weighted by molar-refractivity contribution is 0.260. The number of thiophene rings is 1. The topological polar surface area (TPSA) is 42.9 Å². The minimum absolute atomic E-state index is 0.175. The highest BCUT2D eigenvalue weighted by atomic mass is 32.1. The molecule has 0 radical (unpaired) electrons. The molecule has 2 aliphatic heterocycles. The Labute approximate surface area is 174 Å². The van der Waals surface area contributed by atoms with Crippen molar-refractivity contribution in [3.63, 3.8) is 0 Å². The molecule has 156 valence electrons. The predicted molar refractivity (Wildman–Crippen MR) is 115 cm³/mol. The van der Waals surface area contributed by atoms with Crippen LogP contribution in [0.3, 0.4) is 0 Å². The summed E-state index contributed by atoms with van der Waals surface area (Å²) in [4.78, 5) is 10.3. The van der Waals surface area contributed by atoms with Crippen molar-refractivity contribution in [3.8, 4) is 0 Å². The minimum Gasteiger partial charge on any atom is -0.367 e. The Bertz CT molecular complexity index is 869. The van der Waals surface area contributed by atoms with Crippen LogP contribution in [0.15, 0.2) is 34.6 Å². The number of nitrogens with one attached hydrogen (secondary N) is 2. The zero-order chi connectivity index (χ0) is 20.2. The maximum absolute atomic E-state index is 14.0. The van der Waals surface area contributed by atoms with Crippen molar-refractivity contribution in [2.24, 2.45) is 4.99 Å². The van der Waals surface area contributed by atoms with Gasteiger partial charge in [0, 0.05) is 63.3 Å². The lowest BCUT2D eigenvalue weighted by Crippen LogP contribution is -2.47. The number of aliphatic imine (C=N–C) groups is 1. The van der Waals surface area contributed by atoms with Crippen molar-refractivity contribution in [2.45, 2.75) is 25.4 Å². The standard InChI is InChI=1S/C21H27F2N5S/c1-24-21(25-7-10-27-8-5-20-15(13-27)6-11-29-20)26-17-4-9-28(14-17)19-3-2-16(22)12-18(19)23/h2-3,6,11-12,17H,4-5,7-10,13-14H2,1H3,(H2,24,25,26). The summed E-state index contributed by atoms with van der Waals surface area (Å²) in [5.74, 6) is -0.290. The Morgan fingerprint density at radius 2 is 2.17 bits per heavy atom. The van der Waals surface area contributed by atoms with Crippen molar-refractivity contribution in [3.05, 3.63) is 51.7 Å². The Morgan fingerprint density at radius 3 is 3.00 bits per heavy atom. The lowest BCUT2D eigenvalue weighted by Gasteiger charge is -2.27. The molecule has 1 aromatic heterocycles. The van der Waals surface area contributed by atoms with Crippen LogP contribution in [0.5, 0.6) is 0 Å². The first kappa shape index (κ1) is 20.1. The molecule has 2 aromatic rings. The number of rotatable bonds is 5. The molecule has 4 rings (SSSR count). The maximum atomic E-state index is 14.0. The fourth-order valence-corrected chi connectivity index (χ4v) is 4.94. The van der Waals surface area contributed by atoms with Gasteiger partial charge in [0.2, 0.25) is 0 Å². The highest BCUT2D eigenvalue weighted by molar-refractivity contribution is 7.10. The molecule has 2 aliphatic rings. The van der Waals surface area contributed by atoms with Gasteiger partial charge < -0.3 is 15.5 Å². The first-order valence-corrected chi connectivity index (χ1v) is 10.9. The van der Waals surface area contributed by atoms with Gasteiger partial charge >= 0.3 is 0 Å². The third-order valence-electron chi connectivity index (χ3n) is 5.61. The lowest BCUT2D eigenvalue weighted by atomic mass is 10.1. The maximum Gasteiger partial charge on any atom is 0.191 e. The van der Waals surface area contributed by atoms with Crippen molar-refractivity contribution < 1.29 is 8.78 Å². The van der Waals surface area contributed by atoms with Gasteiger partial charge in [-0.3, -0.25) is 9.89 Å². The number of fused-ring (bicyclic) bond motifs is 1. The average Bonchev–Trinajstić information content (AvgIpc) is 3.36.